The highest BCUT2D eigenvalue weighted by Crippen LogP contribution is 2.62. The molecule has 2 fully saturated rings. The number of hydrogen-bond donors (Lipinski definition) is 0. The Morgan fingerprint density at radius 2 is 1.95 bits per heavy atom. The average molecular weight is 273 g/mol. The van der Waals surface area contributed by atoms with Gasteiger partial charge in [-0.1, -0.05) is 32.9 Å². The van der Waals surface area contributed by atoms with Crippen LogP contribution in [0.3, 0.4) is 0 Å². The van der Waals surface area contributed by atoms with E-state index in [9.17, 15) is 4.79 Å². The maximum atomic E-state index is 12.4. The van der Waals surface area contributed by atoms with E-state index in [4.69, 9.17) is 4.74 Å². The Balaban J connectivity index is 1.77. The number of ether oxygens (including phenoxy) is 1. The minimum Gasteiger partial charge on any atom is -0.497 e. The summed E-state index contributed by atoms with van der Waals surface area (Å²) in [6, 6.07) is 8.44. The van der Waals surface area contributed by atoms with Crippen LogP contribution in [0.25, 0.3) is 0 Å². The predicted molar refractivity (Wildman–Crippen MR) is 78.4 cm³/mol. The summed E-state index contributed by atoms with van der Waals surface area (Å²) in [7, 11) is 1.67. The van der Waals surface area contributed by atoms with Gasteiger partial charge < -0.3 is 9.64 Å². The SMILES string of the molecule is COc1ccc(CN2C(=O)CC(C)C3C2C3(C)C)cc1. The molecule has 20 heavy (non-hydrogen) atoms. The zero-order valence-electron chi connectivity index (χ0n) is 12.7. The molecule has 3 atom stereocenters. The van der Waals surface area contributed by atoms with Gasteiger partial charge in [-0.3, -0.25) is 4.79 Å². The van der Waals surface area contributed by atoms with Gasteiger partial charge in [0.2, 0.25) is 5.91 Å². The van der Waals surface area contributed by atoms with Crippen LogP contribution < -0.4 is 4.74 Å². The third kappa shape index (κ3) is 2.00. The molecule has 1 aliphatic heterocycles. The van der Waals surface area contributed by atoms with Crippen molar-refractivity contribution in [1.29, 1.82) is 0 Å². The molecule has 1 saturated carbocycles. The van der Waals surface area contributed by atoms with Crippen molar-refractivity contribution < 1.29 is 9.53 Å². The van der Waals surface area contributed by atoms with Gasteiger partial charge in [0, 0.05) is 19.0 Å². The lowest BCUT2D eigenvalue weighted by Crippen LogP contribution is -2.39. The molecule has 0 aromatic heterocycles. The van der Waals surface area contributed by atoms with Gasteiger partial charge >= 0.3 is 0 Å². The number of carbonyl (C=O) groups excluding carboxylic acids is 1. The van der Waals surface area contributed by atoms with Gasteiger partial charge in [0.1, 0.15) is 5.75 Å². The number of likely N-dealkylation sites (tertiary alicyclic amines) is 1. The lowest BCUT2D eigenvalue weighted by Gasteiger charge is -2.30. The molecule has 108 valence electrons. The molecule has 1 aromatic rings. The van der Waals surface area contributed by atoms with Crippen molar-refractivity contribution >= 4 is 5.91 Å². The first-order valence-electron chi connectivity index (χ1n) is 7.37. The highest BCUT2D eigenvalue weighted by atomic mass is 16.5. The molecular formula is C17H23NO2. The quantitative estimate of drug-likeness (QED) is 0.847. The van der Waals surface area contributed by atoms with E-state index in [-0.39, 0.29) is 5.41 Å². The number of benzene rings is 1. The summed E-state index contributed by atoms with van der Waals surface area (Å²) in [6.45, 7) is 7.52. The number of fused-ring (bicyclic) bond motifs is 1. The molecule has 1 heterocycles. The first-order chi connectivity index (χ1) is 9.45. The summed E-state index contributed by atoms with van der Waals surface area (Å²) in [6.07, 6.45) is 0.695. The molecule has 0 bridgehead atoms. The van der Waals surface area contributed by atoms with Crippen LogP contribution in [0.5, 0.6) is 5.75 Å². The summed E-state index contributed by atoms with van der Waals surface area (Å²) in [5.41, 5.74) is 1.45. The smallest absolute Gasteiger partial charge is 0.223 e. The lowest BCUT2D eigenvalue weighted by molar-refractivity contribution is -0.136. The molecule has 0 N–H and O–H groups in total. The Hall–Kier alpha value is -1.51. The van der Waals surface area contributed by atoms with Gasteiger partial charge in [0.15, 0.2) is 0 Å². The van der Waals surface area contributed by atoms with Crippen LogP contribution >= 0.6 is 0 Å². The zero-order valence-corrected chi connectivity index (χ0v) is 12.7. The van der Waals surface area contributed by atoms with Crippen molar-refractivity contribution in [3.8, 4) is 5.75 Å². The maximum absolute atomic E-state index is 12.4. The third-order valence-electron chi connectivity index (χ3n) is 5.13. The molecule has 3 unspecified atom stereocenters. The van der Waals surface area contributed by atoms with Crippen molar-refractivity contribution in [2.75, 3.05) is 7.11 Å². The molecular weight excluding hydrogens is 250 g/mol. The Morgan fingerprint density at radius 1 is 1.30 bits per heavy atom. The van der Waals surface area contributed by atoms with Gasteiger partial charge in [-0.2, -0.15) is 0 Å². The highest BCUT2D eigenvalue weighted by molar-refractivity contribution is 5.79. The molecule has 0 radical (unpaired) electrons. The van der Waals surface area contributed by atoms with Crippen LogP contribution in [-0.2, 0) is 11.3 Å². The summed E-state index contributed by atoms with van der Waals surface area (Å²) in [5.74, 6) is 2.35. The van der Waals surface area contributed by atoms with Gasteiger partial charge in [-0.05, 0) is 34.9 Å². The number of carbonyl (C=O) groups is 1. The van der Waals surface area contributed by atoms with Crippen LogP contribution in [0.1, 0.15) is 32.8 Å². The first-order valence-corrected chi connectivity index (χ1v) is 7.37. The fourth-order valence-electron chi connectivity index (χ4n) is 4.08. The standard InChI is InChI=1S/C17H23NO2/c1-11-9-14(19)18(16-15(11)17(16,2)3)10-12-5-7-13(20-4)8-6-12/h5-8,11,15-16H,9-10H2,1-4H3. The Labute approximate surface area is 120 Å². The summed E-state index contributed by atoms with van der Waals surface area (Å²) in [5, 5.41) is 0. The monoisotopic (exact) mass is 273 g/mol. The van der Waals surface area contributed by atoms with E-state index in [1.165, 1.54) is 5.56 Å². The highest BCUT2D eigenvalue weighted by Gasteiger charge is 2.65. The number of piperidine rings is 1. The second-order valence-corrected chi connectivity index (χ2v) is 6.84. The van der Waals surface area contributed by atoms with Crippen molar-refractivity contribution in [3.63, 3.8) is 0 Å². The molecule has 3 heteroatoms. The van der Waals surface area contributed by atoms with Crippen molar-refractivity contribution in [2.24, 2.45) is 17.3 Å². The maximum Gasteiger partial charge on any atom is 0.223 e. The Bertz CT molecular complexity index is 520. The van der Waals surface area contributed by atoms with Gasteiger partial charge in [-0.15, -0.1) is 0 Å². The lowest BCUT2D eigenvalue weighted by atomic mass is 9.94. The van der Waals surface area contributed by atoms with Crippen LogP contribution in [0.4, 0.5) is 0 Å². The first kappa shape index (κ1) is 13.5. The molecule has 1 amide bonds. The second kappa shape index (κ2) is 4.51. The minimum absolute atomic E-state index is 0.276. The normalized spacial score (nSPS) is 30.9. The van der Waals surface area contributed by atoms with E-state index < -0.39 is 0 Å². The predicted octanol–water partition coefficient (Wildman–Crippen LogP) is 3.09. The second-order valence-electron chi connectivity index (χ2n) is 6.84. The molecule has 3 rings (SSSR count). The van der Waals surface area contributed by atoms with Crippen molar-refractivity contribution in [2.45, 2.75) is 39.8 Å². The molecule has 1 aromatic carbocycles. The number of hydrogen-bond acceptors (Lipinski definition) is 2. The van der Waals surface area contributed by atoms with E-state index in [1.54, 1.807) is 7.11 Å². The number of rotatable bonds is 3. The molecule has 1 aliphatic carbocycles. The topological polar surface area (TPSA) is 29.5 Å². The minimum atomic E-state index is 0.276. The third-order valence-corrected chi connectivity index (χ3v) is 5.13. The number of nitrogens with zero attached hydrogens (tertiary/aromatic N) is 1. The van der Waals surface area contributed by atoms with Gasteiger partial charge in [0.05, 0.1) is 7.11 Å². The Morgan fingerprint density at radius 3 is 2.55 bits per heavy atom. The zero-order chi connectivity index (χ0) is 14.5. The van der Waals surface area contributed by atoms with Gasteiger partial charge in [-0.25, -0.2) is 0 Å². The summed E-state index contributed by atoms with van der Waals surface area (Å²) in [4.78, 5) is 14.4. The van der Waals surface area contributed by atoms with Crippen LogP contribution in [0.15, 0.2) is 24.3 Å². The van der Waals surface area contributed by atoms with E-state index in [2.05, 4.69) is 37.8 Å². The van der Waals surface area contributed by atoms with Crippen LogP contribution in [-0.4, -0.2) is 24.0 Å². The largest absolute Gasteiger partial charge is 0.497 e. The molecule has 1 saturated heterocycles. The van der Waals surface area contributed by atoms with Crippen LogP contribution in [0, 0.1) is 17.3 Å². The molecule has 2 aliphatic rings. The van der Waals surface area contributed by atoms with E-state index in [0.717, 1.165) is 12.3 Å². The van der Waals surface area contributed by atoms with Crippen LogP contribution in [0.2, 0.25) is 0 Å². The van der Waals surface area contributed by atoms with E-state index >= 15 is 0 Å². The fraction of sp³-hybridized carbons (Fsp3) is 0.588. The fourth-order valence-corrected chi connectivity index (χ4v) is 4.08. The summed E-state index contributed by atoms with van der Waals surface area (Å²) >= 11 is 0. The van der Waals surface area contributed by atoms with Crippen molar-refractivity contribution in [1.82, 2.24) is 4.90 Å². The number of amides is 1. The van der Waals surface area contributed by atoms with E-state index in [0.29, 0.717) is 30.2 Å². The van der Waals surface area contributed by atoms with Gasteiger partial charge in [0.25, 0.3) is 0 Å². The molecule has 3 nitrogen and oxygen atoms in total. The molecule has 0 spiro atoms. The average Bonchev–Trinajstić information content (AvgIpc) is 2.99. The van der Waals surface area contributed by atoms with E-state index in [1.807, 2.05) is 12.1 Å². The number of methoxy groups -OCH3 is 1. The van der Waals surface area contributed by atoms with Crippen molar-refractivity contribution in [3.05, 3.63) is 29.8 Å². The Kier molecular flexibility index (Phi) is 3.03. The summed E-state index contributed by atoms with van der Waals surface area (Å²) < 4.78 is 5.18.